The molecule has 0 radical (unpaired) electrons. The van der Waals surface area contributed by atoms with Crippen molar-refractivity contribution in [1.29, 1.82) is 0 Å². The Kier molecular flexibility index (Phi) is 9.02. The lowest BCUT2D eigenvalue weighted by molar-refractivity contribution is 0.0321. The van der Waals surface area contributed by atoms with E-state index in [1.54, 1.807) is 48.1 Å². The van der Waals surface area contributed by atoms with Crippen LogP contribution in [0, 0.1) is 5.82 Å². The van der Waals surface area contributed by atoms with E-state index < -0.39 is 29.2 Å². The topological polar surface area (TPSA) is 146 Å². The van der Waals surface area contributed by atoms with Crippen LogP contribution in [-0.2, 0) is 22.4 Å². The summed E-state index contributed by atoms with van der Waals surface area (Å²) in [5, 5.41) is 8.82. The maximum absolute atomic E-state index is 13.5. The van der Waals surface area contributed by atoms with E-state index in [-0.39, 0.29) is 18.9 Å². The van der Waals surface area contributed by atoms with Gasteiger partial charge >= 0.3 is 0 Å². The first kappa shape index (κ1) is 27.2. The minimum absolute atomic E-state index is 0.0200. The number of aromatic nitrogens is 6. The van der Waals surface area contributed by atoms with Crippen LogP contribution >= 0.6 is 0 Å². The average Bonchev–Trinajstić information content (AvgIpc) is 3.34. The molecule has 0 bridgehead atoms. The van der Waals surface area contributed by atoms with Crippen LogP contribution in [0.15, 0.2) is 55.1 Å². The SMILES string of the molecule is CCO[C@H](c1ncc(F)cn1)[C@H](Cc1nnc(-c2cccnc2)n1-c1c(OC)cccc1OC)NS(=O)O. The minimum atomic E-state index is -2.44. The monoisotopic (exact) mass is 543 g/mol. The molecule has 0 saturated carbocycles. The van der Waals surface area contributed by atoms with E-state index in [1.807, 2.05) is 6.07 Å². The van der Waals surface area contributed by atoms with E-state index >= 15 is 0 Å². The molecule has 0 aliphatic rings. The summed E-state index contributed by atoms with van der Waals surface area (Å²) in [6, 6.07) is 8.03. The van der Waals surface area contributed by atoms with Gasteiger partial charge < -0.3 is 14.2 Å². The smallest absolute Gasteiger partial charge is 0.232 e. The summed E-state index contributed by atoms with van der Waals surface area (Å²) in [7, 11) is 3.06. The molecule has 1 aromatic carbocycles. The van der Waals surface area contributed by atoms with Crippen molar-refractivity contribution in [2.24, 2.45) is 0 Å². The highest BCUT2D eigenvalue weighted by Gasteiger charge is 2.32. The molecule has 12 nitrogen and oxygen atoms in total. The standard InChI is InChI=1S/C24H26FN7O5S/c1-4-37-22(23-27-13-16(25)14-28-23)17(31-38(33)34)11-20-29-30-24(15-7-6-10-26-12-15)32(20)21-18(35-2)8-5-9-19(21)36-3/h5-10,12-14,17,22,31H,4,11H2,1-3H3,(H,33,34)/t17-,22-/m0/s1. The highest BCUT2D eigenvalue weighted by molar-refractivity contribution is 7.77. The van der Waals surface area contributed by atoms with Crippen molar-refractivity contribution in [3.63, 3.8) is 0 Å². The second kappa shape index (κ2) is 12.6. The van der Waals surface area contributed by atoms with Gasteiger partial charge in [0.25, 0.3) is 0 Å². The fraction of sp³-hybridized carbons (Fsp3) is 0.292. The summed E-state index contributed by atoms with van der Waals surface area (Å²) in [5.41, 5.74) is 1.18. The maximum atomic E-state index is 13.5. The lowest BCUT2D eigenvalue weighted by atomic mass is 10.1. The number of benzene rings is 1. The molecule has 2 N–H and O–H groups in total. The summed E-state index contributed by atoms with van der Waals surface area (Å²) < 4.78 is 56.7. The molecule has 0 amide bonds. The normalized spacial score (nSPS) is 13.6. The van der Waals surface area contributed by atoms with Crippen LogP contribution in [0.25, 0.3) is 17.1 Å². The van der Waals surface area contributed by atoms with Crippen molar-refractivity contribution in [2.75, 3.05) is 20.8 Å². The molecule has 200 valence electrons. The molecule has 3 heterocycles. The molecule has 0 spiro atoms. The van der Waals surface area contributed by atoms with E-state index in [0.29, 0.717) is 34.4 Å². The van der Waals surface area contributed by atoms with Crippen molar-refractivity contribution in [3.8, 4) is 28.6 Å². The van der Waals surface area contributed by atoms with E-state index in [4.69, 9.17) is 14.2 Å². The van der Waals surface area contributed by atoms with Crippen molar-refractivity contribution < 1.29 is 27.4 Å². The van der Waals surface area contributed by atoms with E-state index in [9.17, 15) is 13.2 Å². The molecule has 4 rings (SSSR count). The first-order valence-electron chi connectivity index (χ1n) is 11.5. The number of hydrogen-bond acceptors (Lipinski definition) is 9. The molecule has 3 atom stereocenters. The Labute approximate surface area is 220 Å². The zero-order chi connectivity index (χ0) is 27.1. The lowest BCUT2D eigenvalue weighted by Crippen LogP contribution is -2.40. The van der Waals surface area contributed by atoms with Crippen LogP contribution < -0.4 is 14.2 Å². The van der Waals surface area contributed by atoms with Crippen molar-refractivity contribution >= 4 is 11.3 Å². The Bertz CT molecular complexity index is 1350. The third-order valence-corrected chi connectivity index (χ3v) is 6.04. The summed E-state index contributed by atoms with van der Waals surface area (Å²) in [6.45, 7) is 1.99. The van der Waals surface area contributed by atoms with E-state index in [0.717, 1.165) is 12.4 Å². The summed E-state index contributed by atoms with van der Waals surface area (Å²) in [4.78, 5) is 12.3. The highest BCUT2D eigenvalue weighted by Crippen LogP contribution is 2.36. The van der Waals surface area contributed by atoms with Gasteiger partial charge in [0.2, 0.25) is 11.3 Å². The van der Waals surface area contributed by atoms with Gasteiger partial charge in [-0.1, -0.05) is 6.07 Å². The number of hydrogen-bond donors (Lipinski definition) is 2. The van der Waals surface area contributed by atoms with Crippen molar-refractivity contribution in [2.45, 2.75) is 25.5 Å². The number of pyridine rings is 1. The number of methoxy groups -OCH3 is 2. The second-order valence-corrected chi connectivity index (χ2v) is 8.58. The van der Waals surface area contributed by atoms with Gasteiger partial charge in [-0.05, 0) is 31.2 Å². The first-order valence-corrected chi connectivity index (χ1v) is 12.6. The largest absolute Gasteiger partial charge is 0.494 e. The first-order chi connectivity index (χ1) is 18.5. The maximum Gasteiger partial charge on any atom is 0.232 e. The fourth-order valence-electron chi connectivity index (χ4n) is 3.97. The van der Waals surface area contributed by atoms with Crippen molar-refractivity contribution in [3.05, 3.63) is 72.6 Å². The lowest BCUT2D eigenvalue weighted by Gasteiger charge is -2.26. The van der Waals surface area contributed by atoms with Crippen LogP contribution in [-0.4, -0.2) is 65.3 Å². The molecule has 4 aromatic rings. The number of nitrogens with one attached hydrogen (secondary N) is 1. The Morgan fingerprint density at radius 1 is 1.08 bits per heavy atom. The van der Waals surface area contributed by atoms with Gasteiger partial charge in [0.15, 0.2) is 17.5 Å². The highest BCUT2D eigenvalue weighted by atomic mass is 32.2. The molecular formula is C24H26FN7O5S. The molecular weight excluding hydrogens is 517 g/mol. The molecule has 0 saturated heterocycles. The van der Waals surface area contributed by atoms with Crippen LogP contribution in [0.5, 0.6) is 11.5 Å². The number of rotatable bonds is 12. The molecule has 0 aliphatic heterocycles. The third kappa shape index (κ3) is 5.99. The Morgan fingerprint density at radius 3 is 2.37 bits per heavy atom. The minimum Gasteiger partial charge on any atom is -0.494 e. The quantitative estimate of drug-likeness (QED) is 0.256. The molecule has 3 aromatic heterocycles. The molecule has 14 heteroatoms. The van der Waals surface area contributed by atoms with Crippen LogP contribution in [0.4, 0.5) is 4.39 Å². The molecule has 0 aliphatic carbocycles. The van der Waals surface area contributed by atoms with E-state index in [2.05, 4.69) is 29.9 Å². The average molecular weight is 544 g/mol. The Morgan fingerprint density at radius 2 is 1.79 bits per heavy atom. The predicted molar refractivity (Wildman–Crippen MR) is 135 cm³/mol. The Balaban J connectivity index is 1.88. The second-order valence-electron chi connectivity index (χ2n) is 7.84. The zero-order valence-corrected chi connectivity index (χ0v) is 21.6. The summed E-state index contributed by atoms with van der Waals surface area (Å²) in [5.74, 6) is 1.28. The van der Waals surface area contributed by atoms with Crippen LogP contribution in [0.2, 0.25) is 0 Å². The summed E-state index contributed by atoms with van der Waals surface area (Å²) in [6.07, 6.45) is 4.38. The number of para-hydroxylation sites is 1. The summed E-state index contributed by atoms with van der Waals surface area (Å²) >= 11 is -2.44. The molecule has 1 unspecified atom stereocenters. The molecule has 0 fully saturated rings. The van der Waals surface area contributed by atoms with E-state index in [1.165, 1.54) is 14.2 Å². The van der Waals surface area contributed by atoms with Gasteiger partial charge in [-0.25, -0.2) is 23.3 Å². The van der Waals surface area contributed by atoms with Gasteiger partial charge in [-0.3, -0.25) is 14.1 Å². The number of nitrogens with zero attached hydrogens (tertiary/aromatic N) is 6. The van der Waals surface area contributed by atoms with Gasteiger partial charge in [0, 0.05) is 31.0 Å². The number of halogens is 1. The van der Waals surface area contributed by atoms with Gasteiger partial charge in [0.05, 0.1) is 32.7 Å². The molecule has 38 heavy (non-hydrogen) atoms. The fourth-order valence-corrected chi connectivity index (χ4v) is 4.44. The number of ether oxygens (including phenoxy) is 3. The van der Waals surface area contributed by atoms with Gasteiger partial charge in [-0.2, -0.15) is 0 Å². The van der Waals surface area contributed by atoms with Crippen LogP contribution in [0.3, 0.4) is 0 Å². The van der Waals surface area contributed by atoms with Crippen LogP contribution in [0.1, 0.15) is 24.7 Å². The van der Waals surface area contributed by atoms with Gasteiger partial charge in [-0.15, -0.1) is 10.2 Å². The predicted octanol–water partition coefficient (Wildman–Crippen LogP) is 2.69. The van der Waals surface area contributed by atoms with Gasteiger partial charge in [0.1, 0.15) is 29.1 Å². The zero-order valence-electron chi connectivity index (χ0n) is 20.8. The van der Waals surface area contributed by atoms with Crippen molar-refractivity contribution in [1.82, 2.24) is 34.4 Å². The third-order valence-electron chi connectivity index (χ3n) is 5.54. The Hall–Kier alpha value is -3.85.